The zero-order valence-electron chi connectivity index (χ0n) is 13.7. The number of carbonyl (C=O) groups excluding carboxylic acids is 3. The summed E-state index contributed by atoms with van der Waals surface area (Å²) in [7, 11) is 0. The lowest BCUT2D eigenvalue weighted by Gasteiger charge is -2.45. The Balaban J connectivity index is 1.72. The molecule has 1 aromatic carbocycles. The van der Waals surface area contributed by atoms with Gasteiger partial charge in [-0.05, 0) is 12.1 Å². The van der Waals surface area contributed by atoms with Gasteiger partial charge in [0.2, 0.25) is 5.91 Å². The molecule has 1 N–H and O–H groups in total. The van der Waals surface area contributed by atoms with Gasteiger partial charge < -0.3 is 19.9 Å². The molecule has 2 saturated heterocycles. The number of amides is 3. The van der Waals surface area contributed by atoms with Gasteiger partial charge in [0.1, 0.15) is 6.17 Å². The third-order valence-corrected chi connectivity index (χ3v) is 4.37. The van der Waals surface area contributed by atoms with Crippen molar-refractivity contribution in [3.8, 4) is 0 Å². The van der Waals surface area contributed by atoms with Crippen LogP contribution in [0.4, 0.5) is 10.5 Å². The lowest BCUT2D eigenvalue weighted by atomic mass is 10.1. The minimum absolute atomic E-state index is 0.0292. The van der Waals surface area contributed by atoms with Crippen LogP contribution in [0.15, 0.2) is 24.3 Å². The number of benzene rings is 1. The summed E-state index contributed by atoms with van der Waals surface area (Å²) in [6.45, 7) is 3.50. The molecule has 2 fully saturated rings. The molecule has 0 spiro atoms. The molecule has 0 aliphatic carbocycles. The quantitative estimate of drug-likeness (QED) is 0.855. The van der Waals surface area contributed by atoms with Gasteiger partial charge >= 0.3 is 6.03 Å². The number of hydrogen-bond donors (Lipinski definition) is 1. The van der Waals surface area contributed by atoms with Crippen LogP contribution in [0.3, 0.4) is 0 Å². The smallest absolute Gasteiger partial charge is 0.323 e. The Morgan fingerprint density at radius 3 is 2.96 bits per heavy atom. The number of rotatable bonds is 3. The van der Waals surface area contributed by atoms with Crippen molar-refractivity contribution in [3.63, 3.8) is 0 Å². The molecule has 1 unspecified atom stereocenters. The molecule has 2 aliphatic rings. The van der Waals surface area contributed by atoms with Gasteiger partial charge in [-0.25, -0.2) is 4.79 Å². The molecule has 1 aromatic rings. The fourth-order valence-electron chi connectivity index (χ4n) is 3.06. The normalized spacial score (nSPS) is 20.5. The number of ether oxygens (including phenoxy) is 1. The molecule has 7 nitrogen and oxygen atoms in total. The fraction of sp³-hybridized carbons (Fsp3) is 0.471. The first-order valence-corrected chi connectivity index (χ1v) is 8.18. The predicted octanol–water partition coefficient (Wildman–Crippen LogP) is 1.70. The minimum Gasteiger partial charge on any atom is -0.376 e. The maximum atomic E-state index is 12.6. The molecular formula is C17H21N3O4. The molecule has 24 heavy (non-hydrogen) atoms. The lowest BCUT2D eigenvalue weighted by molar-refractivity contribution is -0.153. The number of anilines is 1. The van der Waals surface area contributed by atoms with Crippen molar-refractivity contribution in [2.75, 3.05) is 31.6 Å². The van der Waals surface area contributed by atoms with Crippen molar-refractivity contribution in [1.29, 1.82) is 0 Å². The number of hydrogen-bond acceptors (Lipinski definition) is 4. The summed E-state index contributed by atoms with van der Waals surface area (Å²) in [5.74, 6) is 0.0874. The molecule has 0 radical (unpaired) electrons. The zero-order valence-corrected chi connectivity index (χ0v) is 13.7. The van der Waals surface area contributed by atoms with Gasteiger partial charge in [0, 0.05) is 37.2 Å². The van der Waals surface area contributed by atoms with Gasteiger partial charge in [-0.1, -0.05) is 19.1 Å². The summed E-state index contributed by atoms with van der Waals surface area (Å²) < 4.78 is 5.42. The van der Waals surface area contributed by atoms with Crippen molar-refractivity contribution in [2.45, 2.75) is 25.9 Å². The Bertz CT molecular complexity index is 661. The number of morpholine rings is 1. The molecule has 1 atom stereocenters. The first kappa shape index (κ1) is 16.4. The highest BCUT2D eigenvalue weighted by Gasteiger charge is 2.38. The van der Waals surface area contributed by atoms with Crippen LogP contribution < -0.4 is 5.32 Å². The number of fused-ring (bicyclic) bond motifs is 1. The van der Waals surface area contributed by atoms with Crippen LogP contribution in [-0.2, 0) is 9.53 Å². The van der Waals surface area contributed by atoms with Crippen molar-refractivity contribution >= 4 is 23.4 Å². The van der Waals surface area contributed by atoms with E-state index in [1.807, 2.05) is 0 Å². The second-order valence-corrected chi connectivity index (χ2v) is 5.87. The van der Waals surface area contributed by atoms with Crippen molar-refractivity contribution in [1.82, 2.24) is 9.80 Å². The Kier molecular flexibility index (Phi) is 4.80. The Morgan fingerprint density at radius 2 is 2.17 bits per heavy atom. The summed E-state index contributed by atoms with van der Waals surface area (Å²) in [4.78, 5) is 39.7. The molecule has 2 heterocycles. The van der Waals surface area contributed by atoms with Gasteiger partial charge in [0.05, 0.1) is 13.2 Å². The van der Waals surface area contributed by atoms with Crippen molar-refractivity contribution in [3.05, 3.63) is 29.8 Å². The SMILES string of the molecule is CCC(=O)c1cccc(NC(=O)N2CCC(=O)N3CCOCC32)c1. The number of ketones is 1. The van der Waals surface area contributed by atoms with E-state index in [0.29, 0.717) is 50.4 Å². The number of Topliss-reactive ketones (excluding diaryl/α,β-unsaturated/α-hetero) is 1. The number of carbonyl (C=O) groups is 3. The molecule has 0 aromatic heterocycles. The average Bonchev–Trinajstić information content (AvgIpc) is 2.61. The summed E-state index contributed by atoms with van der Waals surface area (Å²) in [5.41, 5.74) is 1.14. The predicted molar refractivity (Wildman–Crippen MR) is 87.7 cm³/mol. The number of urea groups is 1. The Morgan fingerprint density at radius 1 is 1.33 bits per heavy atom. The van der Waals surface area contributed by atoms with Gasteiger partial charge in [0.15, 0.2) is 5.78 Å². The third-order valence-electron chi connectivity index (χ3n) is 4.37. The second kappa shape index (κ2) is 7.00. The summed E-state index contributed by atoms with van der Waals surface area (Å²) in [5, 5.41) is 2.82. The van der Waals surface area contributed by atoms with Crippen molar-refractivity contribution < 1.29 is 19.1 Å². The van der Waals surface area contributed by atoms with Crippen LogP contribution in [0.25, 0.3) is 0 Å². The molecule has 3 rings (SSSR count). The van der Waals surface area contributed by atoms with E-state index in [-0.39, 0.29) is 23.9 Å². The zero-order chi connectivity index (χ0) is 17.1. The van der Waals surface area contributed by atoms with E-state index in [4.69, 9.17) is 4.74 Å². The van der Waals surface area contributed by atoms with Gasteiger partial charge in [-0.2, -0.15) is 0 Å². The topological polar surface area (TPSA) is 79.0 Å². The van der Waals surface area contributed by atoms with Crippen LogP contribution in [0.1, 0.15) is 30.1 Å². The summed E-state index contributed by atoms with van der Waals surface area (Å²) in [6, 6.07) is 6.61. The Hall–Kier alpha value is -2.41. The second-order valence-electron chi connectivity index (χ2n) is 5.87. The third kappa shape index (κ3) is 3.26. The van der Waals surface area contributed by atoms with Crippen LogP contribution in [0.2, 0.25) is 0 Å². The molecule has 7 heteroatoms. The van der Waals surface area contributed by atoms with Crippen LogP contribution in [-0.4, -0.2) is 60.0 Å². The van der Waals surface area contributed by atoms with Gasteiger partial charge in [0.25, 0.3) is 0 Å². The number of nitrogens with one attached hydrogen (secondary N) is 1. The van der Waals surface area contributed by atoms with E-state index in [1.165, 1.54) is 0 Å². The average molecular weight is 331 g/mol. The highest BCUT2D eigenvalue weighted by molar-refractivity contribution is 5.98. The maximum absolute atomic E-state index is 12.6. The van der Waals surface area contributed by atoms with Crippen LogP contribution in [0, 0.1) is 0 Å². The molecule has 128 valence electrons. The summed E-state index contributed by atoms with van der Waals surface area (Å²) in [6.07, 6.45) is 0.374. The Labute approximate surface area is 140 Å². The molecule has 2 aliphatic heterocycles. The molecule has 0 saturated carbocycles. The van der Waals surface area contributed by atoms with Gasteiger partial charge in [-0.15, -0.1) is 0 Å². The summed E-state index contributed by atoms with van der Waals surface area (Å²) >= 11 is 0. The van der Waals surface area contributed by atoms with E-state index in [1.54, 1.807) is 41.0 Å². The highest BCUT2D eigenvalue weighted by Crippen LogP contribution is 2.21. The van der Waals surface area contributed by atoms with Gasteiger partial charge in [-0.3, -0.25) is 9.59 Å². The molecule has 3 amide bonds. The number of nitrogens with zero attached hydrogens (tertiary/aromatic N) is 2. The monoisotopic (exact) mass is 331 g/mol. The fourth-order valence-corrected chi connectivity index (χ4v) is 3.06. The van der Waals surface area contributed by atoms with E-state index < -0.39 is 0 Å². The van der Waals surface area contributed by atoms with Crippen LogP contribution in [0.5, 0.6) is 0 Å². The minimum atomic E-state index is -0.361. The maximum Gasteiger partial charge on any atom is 0.323 e. The van der Waals surface area contributed by atoms with Crippen LogP contribution >= 0.6 is 0 Å². The van der Waals surface area contributed by atoms with Crippen molar-refractivity contribution in [2.24, 2.45) is 0 Å². The largest absolute Gasteiger partial charge is 0.376 e. The van der Waals surface area contributed by atoms with E-state index in [9.17, 15) is 14.4 Å². The van der Waals surface area contributed by atoms with E-state index >= 15 is 0 Å². The van der Waals surface area contributed by atoms with E-state index in [2.05, 4.69) is 5.32 Å². The lowest BCUT2D eigenvalue weighted by Crippen LogP contribution is -2.63. The molecule has 0 bridgehead atoms. The standard InChI is InChI=1S/C17H21N3O4/c1-2-14(21)12-4-3-5-13(10-12)18-17(23)20-7-6-16(22)19-8-9-24-11-15(19)20/h3-5,10,15H,2,6-9,11H2,1H3,(H,18,23). The first-order chi connectivity index (χ1) is 11.6. The van der Waals surface area contributed by atoms with E-state index in [0.717, 1.165) is 0 Å². The first-order valence-electron chi connectivity index (χ1n) is 8.18. The molecular weight excluding hydrogens is 310 g/mol. The highest BCUT2D eigenvalue weighted by atomic mass is 16.5.